The molecule has 0 aromatic heterocycles. The summed E-state index contributed by atoms with van der Waals surface area (Å²) in [7, 11) is 0. The van der Waals surface area contributed by atoms with E-state index in [4.69, 9.17) is 27.9 Å². The zero-order valence-electron chi connectivity index (χ0n) is 14.2. The van der Waals surface area contributed by atoms with E-state index in [0.717, 1.165) is 0 Å². The first-order valence-electron chi connectivity index (χ1n) is 7.68. The van der Waals surface area contributed by atoms with Gasteiger partial charge in [0.25, 0.3) is 0 Å². The summed E-state index contributed by atoms with van der Waals surface area (Å²) >= 11 is 12.5. The molecule has 2 rings (SSSR count). The van der Waals surface area contributed by atoms with Gasteiger partial charge in [-0.3, -0.25) is 4.79 Å². The lowest BCUT2D eigenvalue weighted by molar-refractivity contribution is -0.131. The van der Waals surface area contributed by atoms with Crippen LogP contribution < -0.4 is 5.32 Å². The highest BCUT2D eigenvalue weighted by atomic mass is 35.5. The number of benzene rings is 2. The van der Waals surface area contributed by atoms with Crippen LogP contribution in [0, 0.1) is 5.41 Å². The highest BCUT2D eigenvalue weighted by Crippen LogP contribution is 2.40. The minimum atomic E-state index is -1.56. The molecule has 0 saturated carbocycles. The summed E-state index contributed by atoms with van der Waals surface area (Å²) in [5, 5.41) is 1.57. The number of rotatable bonds is 5. The number of ether oxygens (including phenoxy) is 1. The SMILES string of the molecule is CC(Cl)(OC(=O)c1ccccc1)C(C)(C)C(=O)Nc1ccccc1Cl. The van der Waals surface area contributed by atoms with Crippen molar-refractivity contribution in [3.8, 4) is 0 Å². The van der Waals surface area contributed by atoms with Gasteiger partial charge in [0, 0.05) is 0 Å². The molecule has 0 aliphatic carbocycles. The van der Waals surface area contributed by atoms with Crippen molar-refractivity contribution in [2.75, 3.05) is 5.32 Å². The Labute approximate surface area is 157 Å². The Morgan fingerprint density at radius 2 is 1.52 bits per heavy atom. The number of carbonyl (C=O) groups excluding carboxylic acids is 2. The molecule has 0 heterocycles. The normalized spacial score (nSPS) is 13.6. The van der Waals surface area contributed by atoms with Crippen molar-refractivity contribution >= 4 is 40.8 Å². The van der Waals surface area contributed by atoms with E-state index in [0.29, 0.717) is 16.3 Å². The average Bonchev–Trinajstić information content (AvgIpc) is 2.57. The fourth-order valence-corrected chi connectivity index (χ4v) is 2.32. The molecule has 0 aliphatic rings. The third kappa shape index (κ3) is 4.33. The molecule has 2 aromatic carbocycles. The van der Waals surface area contributed by atoms with Crippen molar-refractivity contribution in [2.45, 2.75) is 25.8 Å². The molecule has 0 saturated heterocycles. The van der Waals surface area contributed by atoms with Gasteiger partial charge in [-0.15, -0.1) is 0 Å². The highest BCUT2D eigenvalue weighted by molar-refractivity contribution is 6.34. The lowest BCUT2D eigenvalue weighted by atomic mass is 9.85. The highest BCUT2D eigenvalue weighted by Gasteiger charge is 2.49. The molecule has 25 heavy (non-hydrogen) atoms. The van der Waals surface area contributed by atoms with Crippen molar-refractivity contribution in [1.29, 1.82) is 0 Å². The summed E-state index contributed by atoms with van der Waals surface area (Å²) in [5.41, 5.74) is -0.404. The summed E-state index contributed by atoms with van der Waals surface area (Å²) < 4.78 is 5.41. The third-order valence-corrected chi connectivity index (χ3v) is 4.98. The minimum absolute atomic E-state index is 0.358. The summed E-state index contributed by atoms with van der Waals surface area (Å²) in [6.07, 6.45) is 0. The Balaban J connectivity index is 2.16. The predicted octanol–water partition coefficient (Wildman–Crippen LogP) is 5.12. The van der Waals surface area contributed by atoms with Crippen LogP contribution in [-0.4, -0.2) is 16.9 Å². The first kappa shape index (κ1) is 19.3. The van der Waals surface area contributed by atoms with Crippen LogP contribution in [-0.2, 0) is 9.53 Å². The van der Waals surface area contributed by atoms with E-state index in [9.17, 15) is 9.59 Å². The summed E-state index contributed by atoms with van der Waals surface area (Å²) in [5.74, 6) is -1.02. The molecule has 1 unspecified atom stereocenters. The standard InChI is InChI=1S/C19H19Cl2NO3/c1-18(2,17(24)22-15-12-8-7-11-14(15)20)19(3,21)25-16(23)13-9-5-4-6-10-13/h4-12H,1-3H3,(H,22,24). The number of halogens is 2. The number of para-hydroxylation sites is 1. The van der Waals surface area contributed by atoms with Gasteiger partial charge >= 0.3 is 5.97 Å². The van der Waals surface area contributed by atoms with E-state index >= 15 is 0 Å². The van der Waals surface area contributed by atoms with Gasteiger partial charge in [0.2, 0.25) is 5.91 Å². The minimum Gasteiger partial charge on any atom is -0.439 e. The van der Waals surface area contributed by atoms with E-state index < -0.39 is 22.4 Å². The van der Waals surface area contributed by atoms with Crippen LogP contribution in [0.4, 0.5) is 5.69 Å². The number of alkyl halides is 1. The van der Waals surface area contributed by atoms with Crippen molar-refractivity contribution in [3.63, 3.8) is 0 Å². The van der Waals surface area contributed by atoms with Gasteiger partial charge < -0.3 is 10.1 Å². The molecule has 1 atom stereocenters. The lowest BCUT2D eigenvalue weighted by Gasteiger charge is -2.37. The third-order valence-electron chi connectivity index (χ3n) is 4.10. The lowest BCUT2D eigenvalue weighted by Crippen LogP contribution is -2.48. The predicted molar refractivity (Wildman–Crippen MR) is 100.0 cm³/mol. The molecule has 0 fully saturated rings. The Kier molecular flexibility index (Phi) is 5.76. The maximum Gasteiger partial charge on any atom is 0.339 e. The van der Waals surface area contributed by atoms with Crippen molar-refractivity contribution in [2.24, 2.45) is 5.41 Å². The second-order valence-electron chi connectivity index (χ2n) is 6.23. The van der Waals surface area contributed by atoms with E-state index in [1.165, 1.54) is 6.92 Å². The number of anilines is 1. The van der Waals surface area contributed by atoms with Crippen LogP contribution in [0.5, 0.6) is 0 Å². The number of amides is 1. The fraction of sp³-hybridized carbons (Fsp3) is 0.263. The fourth-order valence-electron chi connectivity index (χ4n) is 1.98. The molecule has 6 heteroatoms. The topological polar surface area (TPSA) is 55.4 Å². The van der Waals surface area contributed by atoms with E-state index in [1.807, 2.05) is 0 Å². The number of hydrogen-bond acceptors (Lipinski definition) is 3. The van der Waals surface area contributed by atoms with Gasteiger partial charge in [0.1, 0.15) is 0 Å². The van der Waals surface area contributed by atoms with Crippen LogP contribution in [0.25, 0.3) is 0 Å². The first-order chi connectivity index (χ1) is 11.6. The summed E-state index contributed by atoms with van der Waals surface area (Å²) in [6.45, 7) is 4.69. The van der Waals surface area contributed by atoms with Gasteiger partial charge in [0.15, 0.2) is 5.06 Å². The van der Waals surface area contributed by atoms with Crippen LogP contribution in [0.15, 0.2) is 54.6 Å². The van der Waals surface area contributed by atoms with Gasteiger partial charge in [-0.25, -0.2) is 4.79 Å². The maximum atomic E-state index is 12.7. The zero-order chi connectivity index (χ0) is 18.7. The van der Waals surface area contributed by atoms with Crippen LogP contribution in [0.3, 0.4) is 0 Å². The number of nitrogens with one attached hydrogen (secondary N) is 1. The Morgan fingerprint density at radius 3 is 2.12 bits per heavy atom. The van der Waals surface area contributed by atoms with E-state index in [1.54, 1.807) is 68.4 Å². The molecular weight excluding hydrogens is 361 g/mol. The van der Waals surface area contributed by atoms with Crippen LogP contribution in [0.2, 0.25) is 5.02 Å². The van der Waals surface area contributed by atoms with Crippen molar-refractivity contribution in [3.05, 3.63) is 65.2 Å². The van der Waals surface area contributed by atoms with Gasteiger partial charge in [0.05, 0.1) is 21.7 Å². The number of esters is 1. The van der Waals surface area contributed by atoms with Crippen LogP contribution >= 0.6 is 23.2 Å². The van der Waals surface area contributed by atoms with Gasteiger partial charge in [-0.05, 0) is 45.0 Å². The molecule has 4 nitrogen and oxygen atoms in total. The monoisotopic (exact) mass is 379 g/mol. The number of hydrogen-bond donors (Lipinski definition) is 1. The smallest absolute Gasteiger partial charge is 0.339 e. The molecular formula is C19H19Cl2NO3. The van der Waals surface area contributed by atoms with E-state index in [-0.39, 0.29) is 0 Å². The zero-order valence-corrected chi connectivity index (χ0v) is 15.7. The summed E-state index contributed by atoms with van der Waals surface area (Å²) in [6, 6.07) is 15.3. The Morgan fingerprint density at radius 1 is 0.960 bits per heavy atom. The molecule has 2 aromatic rings. The largest absolute Gasteiger partial charge is 0.439 e. The average molecular weight is 380 g/mol. The summed E-state index contributed by atoms with van der Waals surface area (Å²) in [4.78, 5) is 25.0. The molecule has 1 amide bonds. The van der Waals surface area contributed by atoms with Crippen molar-refractivity contribution < 1.29 is 14.3 Å². The molecule has 0 bridgehead atoms. The molecule has 0 spiro atoms. The van der Waals surface area contributed by atoms with Crippen LogP contribution in [0.1, 0.15) is 31.1 Å². The second kappa shape index (κ2) is 7.46. The second-order valence-corrected chi connectivity index (χ2v) is 7.36. The molecule has 0 aliphatic heterocycles. The number of carbonyl (C=O) groups is 2. The Bertz CT molecular complexity index is 773. The van der Waals surface area contributed by atoms with Crippen molar-refractivity contribution in [1.82, 2.24) is 0 Å². The molecule has 1 N–H and O–H groups in total. The maximum absolute atomic E-state index is 12.7. The molecule has 132 valence electrons. The van der Waals surface area contributed by atoms with E-state index in [2.05, 4.69) is 5.32 Å². The van der Waals surface area contributed by atoms with Gasteiger partial charge in [-0.1, -0.05) is 53.5 Å². The van der Waals surface area contributed by atoms with Gasteiger partial charge in [-0.2, -0.15) is 0 Å². The quantitative estimate of drug-likeness (QED) is 0.579. The first-order valence-corrected chi connectivity index (χ1v) is 8.44. The Hall–Kier alpha value is -2.04. The molecule has 0 radical (unpaired) electrons.